The van der Waals surface area contributed by atoms with Crippen molar-refractivity contribution in [1.82, 2.24) is 9.71 Å². The van der Waals surface area contributed by atoms with Gasteiger partial charge in [0.1, 0.15) is 0 Å². The molecule has 0 fully saturated rings. The van der Waals surface area contributed by atoms with E-state index in [0.29, 0.717) is 10.7 Å². The van der Waals surface area contributed by atoms with Crippen molar-refractivity contribution in [3.05, 3.63) is 39.9 Å². The molecule has 0 saturated heterocycles. The summed E-state index contributed by atoms with van der Waals surface area (Å²) in [5, 5.41) is 5.13. The molecule has 6 nitrogen and oxygen atoms in total. The first-order chi connectivity index (χ1) is 11.2. The monoisotopic (exact) mass is 367 g/mol. The van der Waals surface area contributed by atoms with Crippen molar-refractivity contribution in [2.45, 2.75) is 38.5 Å². The fourth-order valence-electron chi connectivity index (χ4n) is 2.13. The van der Waals surface area contributed by atoms with E-state index in [0.717, 1.165) is 11.3 Å². The molecule has 0 aliphatic carbocycles. The molecular weight excluding hydrogens is 346 g/mol. The van der Waals surface area contributed by atoms with E-state index >= 15 is 0 Å². The van der Waals surface area contributed by atoms with E-state index in [1.807, 2.05) is 19.2 Å². The van der Waals surface area contributed by atoms with Gasteiger partial charge in [0, 0.05) is 10.9 Å². The SMILES string of the molecule is CNS(=O)(=O)c1cc(C(=O)Nc2nc(C(C)C)cs2)cc(C)c1C. The maximum atomic E-state index is 12.5. The lowest BCUT2D eigenvalue weighted by molar-refractivity contribution is 0.102. The summed E-state index contributed by atoms with van der Waals surface area (Å²) in [5.74, 6) is -0.101. The number of hydrogen-bond acceptors (Lipinski definition) is 5. The van der Waals surface area contributed by atoms with Crippen LogP contribution in [0.25, 0.3) is 0 Å². The van der Waals surface area contributed by atoms with Gasteiger partial charge in [0.2, 0.25) is 10.0 Å². The van der Waals surface area contributed by atoms with E-state index in [9.17, 15) is 13.2 Å². The predicted octanol–water partition coefficient (Wildman–Crippen LogP) is 3.04. The van der Waals surface area contributed by atoms with Crippen molar-refractivity contribution in [3.8, 4) is 0 Å². The molecule has 2 aromatic rings. The molecule has 130 valence electrons. The number of carbonyl (C=O) groups excluding carboxylic acids is 1. The van der Waals surface area contributed by atoms with E-state index in [1.165, 1.54) is 24.5 Å². The van der Waals surface area contributed by atoms with Gasteiger partial charge in [0.15, 0.2) is 5.13 Å². The summed E-state index contributed by atoms with van der Waals surface area (Å²) in [7, 11) is -2.28. The number of amides is 1. The summed E-state index contributed by atoms with van der Waals surface area (Å²) in [6.45, 7) is 7.55. The topological polar surface area (TPSA) is 88.2 Å². The average molecular weight is 367 g/mol. The molecule has 2 N–H and O–H groups in total. The van der Waals surface area contributed by atoms with Crippen LogP contribution in [-0.4, -0.2) is 26.4 Å². The maximum absolute atomic E-state index is 12.5. The molecule has 0 radical (unpaired) electrons. The van der Waals surface area contributed by atoms with E-state index in [2.05, 4.69) is 15.0 Å². The first kappa shape index (κ1) is 18.6. The Kier molecular flexibility index (Phi) is 5.42. The molecule has 0 spiro atoms. The summed E-state index contributed by atoms with van der Waals surface area (Å²) in [4.78, 5) is 16.9. The smallest absolute Gasteiger partial charge is 0.257 e. The van der Waals surface area contributed by atoms with E-state index in [4.69, 9.17) is 0 Å². The molecule has 0 bridgehead atoms. The highest BCUT2D eigenvalue weighted by Gasteiger charge is 2.20. The minimum Gasteiger partial charge on any atom is -0.298 e. The van der Waals surface area contributed by atoms with Gasteiger partial charge in [0.25, 0.3) is 5.91 Å². The van der Waals surface area contributed by atoms with Crippen molar-refractivity contribution in [2.75, 3.05) is 12.4 Å². The third-order valence-electron chi connectivity index (χ3n) is 3.77. The van der Waals surface area contributed by atoms with Crippen LogP contribution in [0.4, 0.5) is 5.13 Å². The molecule has 1 amide bonds. The molecule has 1 aromatic carbocycles. The van der Waals surface area contributed by atoms with Gasteiger partial charge < -0.3 is 0 Å². The number of sulfonamides is 1. The number of hydrogen-bond donors (Lipinski definition) is 2. The summed E-state index contributed by atoms with van der Waals surface area (Å²) in [5.41, 5.74) is 2.55. The Balaban J connectivity index is 2.36. The van der Waals surface area contributed by atoms with E-state index < -0.39 is 10.0 Å². The van der Waals surface area contributed by atoms with Gasteiger partial charge in [-0.1, -0.05) is 13.8 Å². The van der Waals surface area contributed by atoms with Crippen LogP contribution >= 0.6 is 11.3 Å². The first-order valence-corrected chi connectivity index (χ1v) is 9.83. The fourth-order valence-corrected chi connectivity index (χ4v) is 4.06. The lowest BCUT2D eigenvalue weighted by Crippen LogP contribution is -2.21. The van der Waals surface area contributed by atoms with Crippen LogP contribution in [0.3, 0.4) is 0 Å². The molecule has 0 aliphatic rings. The number of nitrogens with one attached hydrogen (secondary N) is 2. The molecule has 0 saturated carbocycles. The summed E-state index contributed by atoms with van der Waals surface area (Å²) < 4.78 is 26.6. The van der Waals surface area contributed by atoms with Crippen molar-refractivity contribution in [1.29, 1.82) is 0 Å². The average Bonchev–Trinajstić information content (AvgIpc) is 2.98. The Morgan fingerprint density at radius 2 is 1.92 bits per heavy atom. The summed E-state index contributed by atoms with van der Waals surface area (Å²) in [6.07, 6.45) is 0. The Labute approximate surface area is 146 Å². The van der Waals surface area contributed by atoms with E-state index in [-0.39, 0.29) is 22.3 Å². The van der Waals surface area contributed by atoms with Gasteiger partial charge in [-0.15, -0.1) is 11.3 Å². The van der Waals surface area contributed by atoms with Crippen LogP contribution in [0, 0.1) is 13.8 Å². The summed E-state index contributed by atoms with van der Waals surface area (Å²) in [6, 6.07) is 3.07. The van der Waals surface area contributed by atoms with Crippen molar-refractivity contribution in [3.63, 3.8) is 0 Å². The van der Waals surface area contributed by atoms with E-state index in [1.54, 1.807) is 19.9 Å². The fraction of sp³-hybridized carbons (Fsp3) is 0.375. The highest BCUT2D eigenvalue weighted by molar-refractivity contribution is 7.89. The third-order valence-corrected chi connectivity index (χ3v) is 6.09. The Morgan fingerprint density at radius 3 is 2.46 bits per heavy atom. The minimum atomic E-state index is -3.63. The lowest BCUT2D eigenvalue weighted by atomic mass is 10.1. The Bertz CT molecular complexity index is 871. The third kappa shape index (κ3) is 3.82. The standard InChI is InChI=1S/C16H21N3O3S2/c1-9(2)13-8-23-16(18-13)19-15(20)12-6-10(3)11(4)14(7-12)24(21,22)17-5/h6-9,17H,1-5H3,(H,18,19,20). The second kappa shape index (κ2) is 7.00. The van der Waals surface area contributed by atoms with Crippen molar-refractivity contribution < 1.29 is 13.2 Å². The molecule has 8 heteroatoms. The van der Waals surface area contributed by atoms with Gasteiger partial charge in [0.05, 0.1) is 10.6 Å². The second-order valence-corrected chi connectivity index (χ2v) is 8.52. The number of anilines is 1. The predicted molar refractivity (Wildman–Crippen MR) is 96.3 cm³/mol. The minimum absolute atomic E-state index is 0.108. The van der Waals surface area contributed by atoms with Crippen molar-refractivity contribution in [2.24, 2.45) is 0 Å². The highest BCUT2D eigenvalue weighted by atomic mass is 32.2. The van der Waals surface area contributed by atoms with Gasteiger partial charge in [-0.25, -0.2) is 18.1 Å². The van der Waals surface area contributed by atoms with Crippen LogP contribution in [0.15, 0.2) is 22.4 Å². The quantitative estimate of drug-likeness (QED) is 0.850. The number of rotatable bonds is 5. The van der Waals surface area contributed by atoms with Crippen LogP contribution in [0.2, 0.25) is 0 Å². The number of nitrogens with zero attached hydrogens (tertiary/aromatic N) is 1. The van der Waals surface area contributed by atoms with Crippen LogP contribution in [0.1, 0.15) is 46.9 Å². The van der Waals surface area contributed by atoms with Crippen molar-refractivity contribution >= 4 is 32.4 Å². The van der Waals surface area contributed by atoms with Gasteiger partial charge in [-0.3, -0.25) is 10.1 Å². The molecule has 24 heavy (non-hydrogen) atoms. The van der Waals surface area contributed by atoms with Gasteiger partial charge in [-0.2, -0.15) is 0 Å². The number of aryl methyl sites for hydroxylation is 1. The Morgan fingerprint density at radius 1 is 1.25 bits per heavy atom. The first-order valence-electron chi connectivity index (χ1n) is 7.47. The maximum Gasteiger partial charge on any atom is 0.257 e. The number of carbonyl (C=O) groups is 1. The van der Waals surface area contributed by atoms with Crippen LogP contribution < -0.4 is 10.0 Å². The largest absolute Gasteiger partial charge is 0.298 e. The second-order valence-electron chi connectivity index (χ2n) is 5.81. The van der Waals surface area contributed by atoms with Gasteiger partial charge in [-0.05, 0) is 50.1 Å². The zero-order valence-electron chi connectivity index (χ0n) is 14.3. The zero-order chi connectivity index (χ0) is 18.1. The molecule has 0 unspecified atom stereocenters. The highest BCUT2D eigenvalue weighted by Crippen LogP contribution is 2.24. The molecule has 1 heterocycles. The molecule has 1 aromatic heterocycles. The van der Waals surface area contributed by atoms with Crippen LogP contribution in [0.5, 0.6) is 0 Å². The number of thiazole rings is 1. The van der Waals surface area contributed by atoms with Gasteiger partial charge >= 0.3 is 0 Å². The molecule has 0 atom stereocenters. The molecular formula is C16H21N3O3S2. The normalized spacial score (nSPS) is 11.8. The molecule has 2 rings (SSSR count). The number of aromatic nitrogens is 1. The Hall–Kier alpha value is -1.77. The van der Waals surface area contributed by atoms with Crippen LogP contribution in [-0.2, 0) is 10.0 Å². The molecule has 0 aliphatic heterocycles. The zero-order valence-corrected chi connectivity index (χ0v) is 15.9. The lowest BCUT2D eigenvalue weighted by Gasteiger charge is -2.12. The summed E-state index contributed by atoms with van der Waals surface area (Å²) >= 11 is 1.35. The number of benzene rings is 1.